The molecule has 0 unspecified atom stereocenters. The molecule has 8 heteroatoms. The summed E-state index contributed by atoms with van der Waals surface area (Å²) in [5, 5.41) is 2.52. The molecule has 1 atom stereocenters. The van der Waals surface area contributed by atoms with Crippen molar-refractivity contribution in [3.05, 3.63) is 0 Å². The molecule has 2 rings (SSSR count). The smallest absolute Gasteiger partial charge is 0.327 e. The van der Waals surface area contributed by atoms with Crippen molar-refractivity contribution >= 4 is 23.6 Å². The van der Waals surface area contributed by atoms with Gasteiger partial charge in [0, 0.05) is 26.1 Å². The van der Waals surface area contributed by atoms with E-state index in [0.717, 1.165) is 19.3 Å². The molecule has 1 saturated carbocycles. The van der Waals surface area contributed by atoms with Gasteiger partial charge in [-0.25, -0.2) is 0 Å². The molecule has 4 amide bonds. The lowest BCUT2D eigenvalue weighted by Crippen LogP contribution is -2.52. The van der Waals surface area contributed by atoms with Crippen LogP contribution in [0.25, 0.3) is 0 Å². The fourth-order valence-electron chi connectivity index (χ4n) is 2.23. The van der Waals surface area contributed by atoms with Gasteiger partial charge in [-0.05, 0) is 25.7 Å². The first-order valence-corrected chi connectivity index (χ1v) is 7.13. The van der Waals surface area contributed by atoms with Crippen LogP contribution < -0.4 is 16.2 Å². The average molecular weight is 296 g/mol. The van der Waals surface area contributed by atoms with Crippen LogP contribution in [0.4, 0.5) is 0 Å². The Morgan fingerprint density at radius 1 is 1.00 bits per heavy atom. The van der Waals surface area contributed by atoms with Gasteiger partial charge in [-0.2, -0.15) is 0 Å². The maximum atomic E-state index is 11.9. The molecule has 2 fully saturated rings. The molecule has 1 heterocycles. The minimum absolute atomic E-state index is 0.0691. The van der Waals surface area contributed by atoms with Crippen molar-refractivity contribution in [2.24, 2.45) is 5.92 Å². The third kappa shape index (κ3) is 4.44. The van der Waals surface area contributed by atoms with Crippen molar-refractivity contribution in [3.8, 4) is 0 Å². The van der Waals surface area contributed by atoms with Gasteiger partial charge >= 0.3 is 11.8 Å². The molecule has 2 aliphatic rings. The van der Waals surface area contributed by atoms with Crippen molar-refractivity contribution in [1.29, 1.82) is 0 Å². The zero-order valence-corrected chi connectivity index (χ0v) is 12.0. The summed E-state index contributed by atoms with van der Waals surface area (Å²) in [5.74, 6) is -2.44. The zero-order chi connectivity index (χ0) is 15.4. The van der Waals surface area contributed by atoms with Gasteiger partial charge in [0.25, 0.3) is 0 Å². The van der Waals surface area contributed by atoms with Gasteiger partial charge in [0.15, 0.2) is 0 Å². The van der Waals surface area contributed by atoms with Crippen LogP contribution >= 0.6 is 0 Å². The molecule has 21 heavy (non-hydrogen) atoms. The van der Waals surface area contributed by atoms with Crippen LogP contribution in [0.1, 0.15) is 32.6 Å². The first-order chi connectivity index (χ1) is 9.97. The van der Waals surface area contributed by atoms with Crippen LogP contribution in [0.5, 0.6) is 0 Å². The summed E-state index contributed by atoms with van der Waals surface area (Å²) in [6.07, 6.45) is 3.16. The van der Waals surface area contributed by atoms with E-state index in [2.05, 4.69) is 16.2 Å². The number of nitrogens with zero attached hydrogens (tertiary/aromatic N) is 1. The molecule has 116 valence electrons. The van der Waals surface area contributed by atoms with Gasteiger partial charge in [0.1, 0.15) is 0 Å². The Morgan fingerprint density at radius 3 is 2.33 bits per heavy atom. The summed E-state index contributed by atoms with van der Waals surface area (Å²) in [4.78, 5) is 47.7. The summed E-state index contributed by atoms with van der Waals surface area (Å²) >= 11 is 0. The van der Waals surface area contributed by atoms with Crippen LogP contribution in [-0.4, -0.2) is 47.7 Å². The summed E-state index contributed by atoms with van der Waals surface area (Å²) in [6, 6.07) is 0.0846. The minimum Gasteiger partial charge on any atom is -0.345 e. The third-order valence-corrected chi connectivity index (χ3v) is 3.66. The number of carbonyl (C=O) groups excluding carboxylic acids is 4. The second kappa shape index (κ2) is 6.55. The Labute approximate surface area is 122 Å². The number of rotatable bonds is 2. The number of amides is 4. The van der Waals surface area contributed by atoms with Crippen LogP contribution in [0.3, 0.4) is 0 Å². The molecule has 1 aliphatic heterocycles. The van der Waals surface area contributed by atoms with E-state index < -0.39 is 11.8 Å². The maximum Gasteiger partial charge on any atom is 0.327 e. The largest absolute Gasteiger partial charge is 0.345 e. The number of likely N-dealkylation sites (tertiary alicyclic amines) is 1. The van der Waals surface area contributed by atoms with E-state index in [9.17, 15) is 19.2 Å². The first kappa shape index (κ1) is 15.3. The minimum atomic E-state index is -0.880. The fourth-order valence-corrected chi connectivity index (χ4v) is 2.23. The molecule has 0 aromatic carbocycles. The van der Waals surface area contributed by atoms with E-state index in [0.29, 0.717) is 19.5 Å². The Balaban J connectivity index is 1.74. The van der Waals surface area contributed by atoms with Crippen LogP contribution in [0.15, 0.2) is 0 Å². The molecular formula is C13H20N4O4. The lowest BCUT2D eigenvalue weighted by molar-refractivity contribution is -0.142. The average Bonchev–Trinajstić information content (AvgIpc) is 3.28. The number of piperidine rings is 1. The van der Waals surface area contributed by atoms with Crippen molar-refractivity contribution in [3.63, 3.8) is 0 Å². The highest BCUT2D eigenvalue weighted by Crippen LogP contribution is 2.18. The molecular weight excluding hydrogens is 276 g/mol. The number of carbonyl (C=O) groups is 4. The molecule has 0 aromatic heterocycles. The molecule has 0 spiro atoms. The Morgan fingerprint density at radius 2 is 1.71 bits per heavy atom. The van der Waals surface area contributed by atoms with Crippen molar-refractivity contribution in [2.45, 2.75) is 38.6 Å². The molecule has 0 aromatic rings. The molecule has 1 aliphatic carbocycles. The lowest BCUT2D eigenvalue weighted by atomic mass is 9.97. The molecule has 1 saturated heterocycles. The second-order valence-corrected chi connectivity index (χ2v) is 5.50. The lowest BCUT2D eigenvalue weighted by Gasteiger charge is -2.31. The zero-order valence-electron chi connectivity index (χ0n) is 12.0. The highest BCUT2D eigenvalue weighted by molar-refractivity contribution is 6.35. The van der Waals surface area contributed by atoms with Crippen LogP contribution in [-0.2, 0) is 19.2 Å². The van der Waals surface area contributed by atoms with Crippen molar-refractivity contribution in [1.82, 2.24) is 21.1 Å². The predicted octanol–water partition coefficient (Wildman–Crippen LogP) is -1.33. The summed E-state index contributed by atoms with van der Waals surface area (Å²) in [6.45, 7) is 2.45. The fraction of sp³-hybridized carbons (Fsp3) is 0.692. The third-order valence-electron chi connectivity index (χ3n) is 3.66. The monoisotopic (exact) mass is 296 g/mol. The molecule has 3 N–H and O–H groups in total. The van der Waals surface area contributed by atoms with Crippen molar-refractivity contribution < 1.29 is 19.2 Å². The summed E-state index contributed by atoms with van der Waals surface area (Å²) in [5.41, 5.74) is 4.35. The number of hydrogen-bond acceptors (Lipinski definition) is 4. The van der Waals surface area contributed by atoms with E-state index in [1.165, 1.54) is 6.92 Å². The Hall–Kier alpha value is -2.12. The standard InChI is InChI=1S/C13H20N4O4/c1-8(18)17-6-2-3-9(7-17)11(19)15-16-13(21)12(20)14-10-4-5-10/h9-10H,2-7H2,1H3,(H,14,20)(H,15,19)(H,16,21)/t9-/m0/s1. The SMILES string of the molecule is CC(=O)N1CCC[C@H](C(=O)NNC(=O)C(=O)NC2CC2)C1. The Bertz CT molecular complexity index is 461. The van der Waals surface area contributed by atoms with E-state index in [1.54, 1.807) is 4.90 Å². The topological polar surface area (TPSA) is 108 Å². The molecule has 0 radical (unpaired) electrons. The van der Waals surface area contributed by atoms with Gasteiger partial charge in [-0.3, -0.25) is 30.0 Å². The summed E-state index contributed by atoms with van der Waals surface area (Å²) in [7, 11) is 0. The maximum absolute atomic E-state index is 11.9. The number of nitrogens with one attached hydrogen (secondary N) is 3. The summed E-state index contributed by atoms with van der Waals surface area (Å²) < 4.78 is 0. The normalized spacial score (nSPS) is 21.4. The van der Waals surface area contributed by atoms with E-state index in [-0.39, 0.29) is 23.8 Å². The second-order valence-electron chi connectivity index (χ2n) is 5.50. The van der Waals surface area contributed by atoms with Gasteiger partial charge < -0.3 is 10.2 Å². The first-order valence-electron chi connectivity index (χ1n) is 7.13. The number of hydrazine groups is 1. The molecule has 8 nitrogen and oxygen atoms in total. The highest BCUT2D eigenvalue weighted by atomic mass is 16.2. The predicted molar refractivity (Wildman–Crippen MR) is 72.4 cm³/mol. The van der Waals surface area contributed by atoms with Gasteiger partial charge in [0.2, 0.25) is 11.8 Å². The van der Waals surface area contributed by atoms with E-state index in [4.69, 9.17) is 0 Å². The Kier molecular flexibility index (Phi) is 4.77. The van der Waals surface area contributed by atoms with Crippen molar-refractivity contribution in [2.75, 3.05) is 13.1 Å². The van der Waals surface area contributed by atoms with Crippen LogP contribution in [0.2, 0.25) is 0 Å². The van der Waals surface area contributed by atoms with E-state index in [1.807, 2.05) is 0 Å². The van der Waals surface area contributed by atoms with E-state index >= 15 is 0 Å². The highest BCUT2D eigenvalue weighted by Gasteiger charge is 2.29. The quantitative estimate of drug-likeness (QED) is 0.433. The van der Waals surface area contributed by atoms with Gasteiger partial charge in [-0.1, -0.05) is 0 Å². The van der Waals surface area contributed by atoms with Crippen LogP contribution in [0, 0.1) is 5.92 Å². The van der Waals surface area contributed by atoms with Gasteiger partial charge in [0.05, 0.1) is 5.92 Å². The number of hydrogen-bond donors (Lipinski definition) is 3. The van der Waals surface area contributed by atoms with Gasteiger partial charge in [-0.15, -0.1) is 0 Å². The molecule has 0 bridgehead atoms.